The summed E-state index contributed by atoms with van der Waals surface area (Å²) in [4.78, 5) is 12.1. The van der Waals surface area contributed by atoms with Gasteiger partial charge in [0.2, 0.25) is 0 Å². The maximum atomic E-state index is 12.1. The van der Waals surface area contributed by atoms with Crippen molar-refractivity contribution in [3.63, 3.8) is 0 Å². The first kappa shape index (κ1) is 10.3. The number of benzene rings is 2. The molecule has 0 N–H and O–H groups in total. The predicted octanol–water partition coefficient (Wildman–Crippen LogP) is 3.87. The van der Waals surface area contributed by atoms with Crippen molar-refractivity contribution in [2.45, 2.75) is 19.3 Å². The van der Waals surface area contributed by atoms with Crippen molar-refractivity contribution in [3.8, 4) is 11.1 Å². The Balaban J connectivity index is 2.21. The molecule has 0 heterocycles. The lowest BCUT2D eigenvalue weighted by atomic mass is 9.85. The minimum atomic E-state index is 0.297. The van der Waals surface area contributed by atoms with Crippen LogP contribution in [-0.2, 0) is 6.42 Å². The van der Waals surface area contributed by atoms with Crippen LogP contribution in [-0.4, -0.2) is 5.78 Å². The first-order valence-corrected chi connectivity index (χ1v) is 6.07. The van der Waals surface area contributed by atoms with Crippen LogP contribution in [0.5, 0.6) is 0 Å². The van der Waals surface area contributed by atoms with Gasteiger partial charge in [0, 0.05) is 12.0 Å². The molecule has 84 valence electrons. The number of ketones is 1. The molecule has 1 aliphatic rings. The lowest BCUT2D eigenvalue weighted by molar-refractivity contribution is 0.0973. The zero-order valence-electron chi connectivity index (χ0n) is 9.65. The number of Topliss-reactive ketones (excluding diaryl/α,β-unsaturated/α-hetero) is 1. The van der Waals surface area contributed by atoms with Crippen molar-refractivity contribution < 1.29 is 4.79 Å². The monoisotopic (exact) mass is 222 g/mol. The molecule has 0 aliphatic heterocycles. The zero-order chi connectivity index (χ0) is 11.7. The van der Waals surface area contributed by atoms with Crippen molar-refractivity contribution in [3.05, 3.63) is 59.7 Å². The fourth-order valence-electron chi connectivity index (χ4n) is 2.56. The van der Waals surface area contributed by atoms with E-state index in [4.69, 9.17) is 0 Å². The second-order valence-corrected chi connectivity index (χ2v) is 4.48. The van der Waals surface area contributed by atoms with E-state index in [0.29, 0.717) is 12.2 Å². The Morgan fingerprint density at radius 2 is 1.65 bits per heavy atom. The number of rotatable bonds is 1. The summed E-state index contributed by atoms with van der Waals surface area (Å²) in [6.45, 7) is 0. The highest BCUT2D eigenvalue weighted by Crippen LogP contribution is 2.31. The lowest BCUT2D eigenvalue weighted by Crippen LogP contribution is -2.12. The third kappa shape index (κ3) is 1.78. The Hall–Kier alpha value is -1.89. The van der Waals surface area contributed by atoms with Crippen LogP contribution in [0.25, 0.3) is 11.1 Å². The van der Waals surface area contributed by atoms with E-state index < -0.39 is 0 Å². The van der Waals surface area contributed by atoms with Gasteiger partial charge in [-0.1, -0.05) is 48.5 Å². The molecule has 0 unspecified atom stereocenters. The van der Waals surface area contributed by atoms with Gasteiger partial charge in [0.05, 0.1) is 0 Å². The average molecular weight is 222 g/mol. The molecule has 1 nitrogen and oxygen atoms in total. The van der Waals surface area contributed by atoms with Gasteiger partial charge in [-0.2, -0.15) is 0 Å². The topological polar surface area (TPSA) is 17.1 Å². The van der Waals surface area contributed by atoms with E-state index >= 15 is 0 Å². The predicted molar refractivity (Wildman–Crippen MR) is 69.1 cm³/mol. The maximum Gasteiger partial charge on any atom is 0.163 e. The van der Waals surface area contributed by atoms with Gasteiger partial charge >= 0.3 is 0 Å². The van der Waals surface area contributed by atoms with Gasteiger partial charge in [-0.3, -0.25) is 4.79 Å². The van der Waals surface area contributed by atoms with Crippen molar-refractivity contribution in [2.75, 3.05) is 0 Å². The zero-order valence-corrected chi connectivity index (χ0v) is 9.65. The molecular formula is C16H14O. The molecule has 0 spiro atoms. The number of aryl methyl sites for hydroxylation is 1. The molecule has 0 saturated heterocycles. The molecule has 0 fully saturated rings. The van der Waals surface area contributed by atoms with E-state index in [9.17, 15) is 4.79 Å². The molecule has 0 aromatic heterocycles. The number of hydrogen-bond acceptors (Lipinski definition) is 1. The van der Waals surface area contributed by atoms with Gasteiger partial charge in [0.15, 0.2) is 5.78 Å². The minimum absolute atomic E-state index is 0.297. The van der Waals surface area contributed by atoms with Gasteiger partial charge in [-0.05, 0) is 29.5 Å². The summed E-state index contributed by atoms with van der Waals surface area (Å²) >= 11 is 0. The molecule has 2 aromatic carbocycles. The van der Waals surface area contributed by atoms with Crippen molar-refractivity contribution in [2.24, 2.45) is 0 Å². The third-order valence-corrected chi connectivity index (χ3v) is 3.36. The highest BCUT2D eigenvalue weighted by molar-refractivity contribution is 6.04. The fourth-order valence-corrected chi connectivity index (χ4v) is 2.56. The summed E-state index contributed by atoms with van der Waals surface area (Å²) in [7, 11) is 0. The largest absolute Gasteiger partial charge is 0.294 e. The molecule has 0 amide bonds. The number of hydrogen-bond donors (Lipinski definition) is 0. The van der Waals surface area contributed by atoms with Gasteiger partial charge in [0.25, 0.3) is 0 Å². The Labute approximate surface area is 101 Å². The summed E-state index contributed by atoms with van der Waals surface area (Å²) in [6, 6.07) is 16.4. The molecule has 0 atom stereocenters. The van der Waals surface area contributed by atoms with Crippen LogP contribution < -0.4 is 0 Å². The molecule has 0 bridgehead atoms. The van der Waals surface area contributed by atoms with E-state index in [-0.39, 0.29) is 0 Å². The van der Waals surface area contributed by atoms with E-state index in [1.165, 1.54) is 5.56 Å². The first-order valence-electron chi connectivity index (χ1n) is 6.07. The molecular weight excluding hydrogens is 208 g/mol. The molecule has 1 heteroatoms. The second kappa shape index (κ2) is 4.17. The molecule has 2 aromatic rings. The SMILES string of the molecule is O=C1CCCc2cccc(-c3ccccc3)c21. The Kier molecular flexibility index (Phi) is 2.52. The standard InChI is InChI=1S/C16H14O/c17-15-11-5-9-13-8-4-10-14(16(13)15)12-6-2-1-3-7-12/h1-4,6-8,10H,5,9,11H2. The average Bonchev–Trinajstić information content (AvgIpc) is 2.39. The summed E-state index contributed by atoms with van der Waals surface area (Å²) < 4.78 is 0. The first-order chi connectivity index (χ1) is 8.36. The second-order valence-electron chi connectivity index (χ2n) is 4.48. The van der Waals surface area contributed by atoms with E-state index in [0.717, 1.165) is 29.5 Å². The number of fused-ring (bicyclic) bond motifs is 1. The summed E-state index contributed by atoms with van der Waals surface area (Å²) in [5.74, 6) is 0.297. The van der Waals surface area contributed by atoms with E-state index in [1.54, 1.807) is 0 Å². The molecule has 0 radical (unpaired) electrons. The minimum Gasteiger partial charge on any atom is -0.294 e. The van der Waals surface area contributed by atoms with Gasteiger partial charge in [-0.25, -0.2) is 0 Å². The van der Waals surface area contributed by atoms with Crippen LogP contribution in [0.1, 0.15) is 28.8 Å². The van der Waals surface area contributed by atoms with Crippen molar-refractivity contribution >= 4 is 5.78 Å². The van der Waals surface area contributed by atoms with E-state index in [1.807, 2.05) is 18.2 Å². The van der Waals surface area contributed by atoms with Gasteiger partial charge in [0.1, 0.15) is 0 Å². The van der Waals surface area contributed by atoms with Crippen LogP contribution in [0, 0.1) is 0 Å². The normalized spacial score (nSPS) is 14.5. The van der Waals surface area contributed by atoms with Crippen molar-refractivity contribution in [1.82, 2.24) is 0 Å². The Morgan fingerprint density at radius 1 is 0.824 bits per heavy atom. The fraction of sp³-hybridized carbons (Fsp3) is 0.188. The molecule has 17 heavy (non-hydrogen) atoms. The van der Waals surface area contributed by atoms with Crippen LogP contribution in [0.3, 0.4) is 0 Å². The Morgan fingerprint density at radius 3 is 2.47 bits per heavy atom. The maximum absolute atomic E-state index is 12.1. The molecule has 0 saturated carbocycles. The smallest absolute Gasteiger partial charge is 0.163 e. The van der Waals surface area contributed by atoms with Crippen LogP contribution >= 0.6 is 0 Å². The number of carbonyl (C=O) groups is 1. The van der Waals surface area contributed by atoms with Crippen LogP contribution in [0.4, 0.5) is 0 Å². The van der Waals surface area contributed by atoms with Crippen LogP contribution in [0.15, 0.2) is 48.5 Å². The summed E-state index contributed by atoms with van der Waals surface area (Å²) in [5, 5.41) is 0. The highest BCUT2D eigenvalue weighted by Gasteiger charge is 2.20. The van der Waals surface area contributed by atoms with Gasteiger partial charge in [-0.15, -0.1) is 0 Å². The summed E-state index contributed by atoms with van der Waals surface area (Å²) in [5.41, 5.74) is 4.39. The highest BCUT2D eigenvalue weighted by atomic mass is 16.1. The van der Waals surface area contributed by atoms with Gasteiger partial charge < -0.3 is 0 Å². The molecule has 1 aliphatic carbocycles. The van der Waals surface area contributed by atoms with Crippen LogP contribution in [0.2, 0.25) is 0 Å². The third-order valence-electron chi connectivity index (χ3n) is 3.36. The Bertz CT molecular complexity index is 555. The quantitative estimate of drug-likeness (QED) is 0.715. The lowest BCUT2D eigenvalue weighted by Gasteiger charge is -2.18. The molecule has 3 rings (SSSR count). The summed E-state index contributed by atoms with van der Waals surface area (Å²) in [6.07, 6.45) is 2.71. The van der Waals surface area contributed by atoms with E-state index in [2.05, 4.69) is 30.3 Å². The number of carbonyl (C=O) groups excluding carboxylic acids is 1. The van der Waals surface area contributed by atoms with Crippen molar-refractivity contribution in [1.29, 1.82) is 0 Å².